The van der Waals surface area contributed by atoms with Crippen LogP contribution in [0.5, 0.6) is 0 Å². The van der Waals surface area contributed by atoms with Gasteiger partial charge in [0.05, 0.1) is 0 Å². The van der Waals surface area contributed by atoms with Crippen molar-refractivity contribution in [2.24, 2.45) is 0 Å². The van der Waals surface area contributed by atoms with E-state index in [0.29, 0.717) is 18.5 Å². The van der Waals surface area contributed by atoms with Gasteiger partial charge in [-0.3, -0.25) is 9.59 Å². The van der Waals surface area contributed by atoms with Crippen LogP contribution in [0.2, 0.25) is 0 Å². The zero-order valence-corrected chi connectivity index (χ0v) is 12.1. The molecule has 0 spiro atoms. The largest absolute Gasteiger partial charge is 0.480 e. The number of rotatable bonds is 5. The van der Waals surface area contributed by atoms with Crippen LogP contribution < -0.4 is 0 Å². The highest BCUT2D eigenvalue weighted by molar-refractivity contribution is 5.98. The third kappa shape index (κ3) is 3.90. The Labute approximate surface area is 127 Å². The minimum atomic E-state index is -1.00. The van der Waals surface area contributed by atoms with Crippen LogP contribution in [0.15, 0.2) is 24.3 Å². The van der Waals surface area contributed by atoms with E-state index >= 15 is 0 Å². The molecule has 22 heavy (non-hydrogen) atoms. The van der Waals surface area contributed by atoms with Gasteiger partial charge in [0.25, 0.3) is 0 Å². The summed E-state index contributed by atoms with van der Waals surface area (Å²) in [7, 11) is 0. The lowest BCUT2D eigenvalue weighted by atomic mass is 10.0. The Bertz CT molecular complexity index is 570. The van der Waals surface area contributed by atoms with Gasteiger partial charge in [0.2, 0.25) is 5.91 Å². The number of piperidine rings is 1. The molecule has 0 saturated carbocycles. The highest BCUT2D eigenvalue weighted by Gasteiger charge is 2.31. The van der Waals surface area contributed by atoms with E-state index in [2.05, 4.69) is 0 Å². The summed E-state index contributed by atoms with van der Waals surface area (Å²) in [5.74, 6) is -2.00. The van der Waals surface area contributed by atoms with E-state index in [9.17, 15) is 18.8 Å². The number of carboxylic acid groups (broad SMARTS) is 1. The van der Waals surface area contributed by atoms with Crippen molar-refractivity contribution in [1.29, 1.82) is 0 Å². The molecule has 0 aromatic heterocycles. The Morgan fingerprint density at radius 2 is 1.82 bits per heavy atom. The summed E-state index contributed by atoms with van der Waals surface area (Å²) in [5.41, 5.74) is 0.350. The first kappa shape index (κ1) is 16.1. The van der Waals surface area contributed by atoms with E-state index < -0.39 is 17.8 Å². The minimum Gasteiger partial charge on any atom is -0.480 e. The molecule has 1 amide bonds. The Hall–Kier alpha value is -2.24. The van der Waals surface area contributed by atoms with Crippen LogP contribution in [-0.2, 0) is 9.59 Å². The number of ketones is 1. The lowest BCUT2D eigenvalue weighted by Gasteiger charge is -2.33. The fraction of sp³-hybridized carbons (Fsp3) is 0.438. The first-order chi connectivity index (χ1) is 10.5. The van der Waals surface area contributed by atoms with E-state index in [4.69, 9.17) is 5.11 Å². The second kappa shape index (κ2) is 7.15. The summed E-state index contributed by atoms with van der Waals surface area (Å²) in [6.07, 6.45) is 1.98. The van der Waals surface area contributed by atoms with Crippen LogP contribution in [0.1, 0.15) is 42.5 Å². The molecule has 1 aliphatic rings. The number of benzene rings is 1. The second-order valence-electron chi connectivity index (χ2n) is 5.37. The van der Waals surface area contributed by atoms with Crippen LogP contribution in [0.25, 0.3) is 0 Å². The maximum atomic E-state index is 12.8. The monoisotopic (exact) mass is 307 g/mol. The number of Topliss-reactive ketones (excluding diaryl/α,β-unsaturated/α-hetero) is 1. The smallest absolute Gasteiger partial charge is 0.326 e. The van der Waals surface area contributed by atoms with Gasteiger partial charge in [0, 0.05) is 24.9 Å². The first-order valence-corrected chi connectivity index (χ1v) is 7.30. The summed E-state index contributed by atoms with van der Waals surface area (Å²) in [6, 6.07) is 4.36. The first-order valence-electron chi connectivity index (χ1n) is 7.30. The Kier molecular flexibility index (Phi) is 5.25. The molecule has 1 unspecified atom stereocenters. The van der Waals surface area contributed by atoms with Gasteiger partial charge in [0.15, 0.2) is 5.78 Å². The highest BCUT2D eigenvalue weighted by Crippen LogP contribution is 2.19. The minimum absolute atomic E-state index is 0.00664. The number of carbonyl (C=O) groups excluding carboxylic acids is 2. The summed E-state index contributed by atoms with van der Waals surface area (Å²) >= 11 is 0. The molecule has 1 fully saturated rings. The number of carbonyl (C=O) groups is 3. The normalized spacial score (nSPS) is 18.0. The molecule has 0 bridgehead atoms. The molecule has 1 saturated heterocycles. The van der Waals surface area contributed by atoms with E-state index in [1.165, 1.54) is 29.2 Å². The zero-order valence-electron chi connectivity index (χ0n) is 12.1. The topological polar surface area (TPSA) is 74.7 Å². The Morgan fingerprint density at radius 3 is 2.45 bits per heavy atom. The predicted octanol–water partition coefficient (Wildman–Crippen LogP) is 2.25. The van der Waals surface area contributed by atoms with Gasteiger partial charge < -0.3 is 10.0 Å². The molecule has 1 aromatic rings. The quantitative estimate of drug-likeness (QED) is 0.847. The number of aliphatic carboxylic acids is 1. The van der Waals surface area contributed by atoms with Crippen molar-refractivity contribution in [2.45, 2.75) is 38.1 Å². The van der Waals surface area contributed by atoms with Crippen molar-refractivity contribution in [3.8, 4) is 0 Å². The van der Waals surface area contributed by atoms with Crippen LogP contribution in [-0.4, -0.2) is 40.3 Å². The number of carboxylic acids is 1. The summed E-state index contributed by atoms with van der Waals surface area (Å²) in [5, 5.41) is 9.14. The summed E-state index contributed by atoms with van der Waals surface area (Å²) < 4.78 is 12.8. The molecule has 2 rings (SSSR count). The Morgan fingerprint density at radius 1 is 1.14 bits per heavy atom. The average Bonchev–Trinajstić information content (AvgIpc) is 2.53. The lowest BCUT2D eigenvalue weighted by Crippen LogP contribution is -2.48. The van der Waals surface area contributed by atoms with Crippen molar-refractivity contribution < 1.29 is 23.9 Å². The molecule has 1 N–H and O–H groups in total. The zero-order chi connectivity index (χ0) is 16.1. The number of hydrogen-bond acceptors (Lipinski definition) is 3. The molecule has 1 heterocycles. The van der Waals surface area contributed by atoms with Gasteiger partial charge in [-0.2, -0.15) is 0 Å². The van der Waals surface area contributed by atoms with Crippen LogP contribution in [0, 0.1) is 5.82 Å². The third-order valence-corrected chi connectivity index (χ3v) is 3.84. The average molecular weight is 307 g/mol. The summed E-state index contributed by atoms with van der Waals surface area (Å²) in [4.78, 5) is 36.6. The fourth-order valence-electron chi connectivity index (χ4n) is 2.63. The number of nitrogens with zero attached hydrogens (tertiary/aromatic N) is 1. The SMILES string of the molecule is O=C(CCC(=O)N1CCCCC1C(=O)O)c1ccc(F)cc1. The number of amides is 1. The molecule has 0 aliphatic carbocycles. The van der Waals surface area contributed by atoms with Gasteiger partial charge in [-0.1, -0.05) is 0 Å². The molecule has 1 aromatic carbocycles. The molecule has 118 valence electrons. The van der Waals surface area contributed by atoms with Crippen molar-refractivity contribution in [2.75, 3.05) is 6.54 Å². The van der Waals surface area contributed by atoms with E-state index in [1.54, 1.807) is 0 Å². The van der Waals surface area contributed by atoms with Crippen molar-refractivity contribution in [3.63, 3.8) is 0 Å². The van der Waals surface area contributed by atoms with Crippen molar-refractivity contribution in [1.82, 2.24) is 4.90 Å². The van der Waals surface area contributed by atoms with Gasteiger partial charge in [0.1, 0.15) is 11.9 Å². The molecule has 0 radical (unpaired) electrons. The highest BCUT2D eigenvalue weighted by atomic mass is 19.1. The van der Waals surface area contributed by atoms with Crippen molar-refractivity contribution >= 4 is 17.7 Å². The van der Waals surface area contributed by atoms with Gasteiger partial charge in [-0.05, 0) is 43.5 Å². The molecule has 5 nitrogen and oxygen atoms in total. The number of halogens is 1. The van der Waals surface area contributed by atoms with Crippen LogP contribution >= 0.6 is 0 Å². The van der Waals surface area contributed by atoms with E-state index in [1.807, 2.05) is 0 Å². The number of hydrogen-bond donors (Lipinski definition) is 1. The molecule has 6 heteroatoms. The van der Waals surface area contributed by atoms with Gasteiger partial charge in [-0.25, -0.2) is 9.18 Å². The fourth-order valence-corrected chi connectivity index (χ4v) is 2.63. The molecular weight excluding hydrogens is 289 g/mol. The predicted molar refractivity (Wildman–Crippen MR) is 77.0 cm³/mol. The summed E-state index contributed by atoms with van der Waals surface area (Å²) in [6.45, 7) is 0.417. The van der Waals surface area contributed by atoms with E-state index in [0.717, 1.165) is 12.8 Å². The van der Waals surface area contributed by atoms with E-state index in [-0.39, 0.29) is 24.5 Å². The third-order valence-electron chi connectivity index (χ3n) is 3.84. The van der Waals surface area contributed by atoms with Gasteiger partial charge >= 0.3 is 5.97 Å². The van der Waals surface area contributed by atoms with Crippen LogP contribution in [0.3, 0.4) is 0 Å². The Balaban J connectivity index is 1.92. The maximum absolute atomic E-state index is 12.8. The van der Waals surface area contributed by atoms with Gasteiger partial charge in [-0.15, -0.1) is 0 Å². The van der Waals surface area contributed by atoms with Crippen LogP contribution in [0.4, 0.5) is 4.39 Å². The molecule has 1 atom stereocenters. The molecule has 1 aliphatic heterocycles. The van der Waals surface area contributed by atoms with Crippen molar-refractivity contribution in [3.05, 3.63) is 35.6 Å². The second-order valence-corrected chi connectivity index (χ2v) is 5.37. The maximum Gasteiger partial charge on any atom is 0.326 e. The standard InChI is InChI=1S/C16H18FNO4/c17-12-6-4-11(5-7-12)14(19)8-9-15(20)18-10-2-1-3-13(18)16(21)22/h4-7,13H,1-3,8-10H2,(H,21,22). The number of likely N-dealkylation sites (tertiary alicyclic amines) is 1. The lowest BCUT2D eigenvalue weighted by molar-refractivity contribution is -0.152. The molecular formula is C16H18FNO4.